The van der Waals surface area contributed by atoms with Crippen LogP contribution in [0, 0.1) is 13.8 Å². The number of aromatic nitrogens is 5. The summed E-state index contributed by atoms with van der Waals surface area (Å²) in [7, 11) is 0. The molecule has 2 N–H and O–H groups in total. The molecule has 0 aliphatic carbocycles. The number of anilines is 1. The first-order valence-electron chi connectivity index (χ1n) is 5.07. The number of nitrogen functional groups attached to an aromatic ring is 1. The predicted octanol–water partition coefficient (Wildman–Crippen LogP) is 1.45. The monoisotopic (exact) mass is 246 g/mol. The van der Waals surface area contributed by atoms with Crippen LogP contribution in [0.5, 0.6) is 0 Å². The Bertz CT molecular complexity index is 698. The summed E-state index contributed by atoms with van der Waals surface area (Å²) < 4.78 is 1.79. The smallest absolute Gasteiger partial charge is 0.203 e. The van der Waals surface area contributed by atoms with Crippen molar-refractivity contribution in [2.24, 2.45) is 0 Å². The molecule has 6 nitrogen and oxygen atoms in total. The first-order chi connectivity index (χ1) is 8.13. The fraction of sp³-hybridized carbons (Fsp3) is 0.200. The molecule has 3 rings (SSSR count). The molecular weight excluding hydrogens is 236 g/mol. The van der Waals surface area contributed by atoms with E-state index in [1.807, 2.05) is 26.0 Å². The molecule has 0 bridgehead atoms. The number of aryl methyl sites for hydroxylation is 2. The van der Waals surface area contributed by atoms with Crippen LogP contribution in [0.25, 0.3) is 16.3 Å². The summed E-state index contributed by atoms with van der Waals surface area (Å²) in [6.45, 7) is 3.95. The van der Waals surface area contributed by atoms with E-state index in [1.54, 1.807) is 4.52 Å². The molecule has 0 radical (unpaired) electrons. The molecule has 0 atom stereocenters. The second-order valence-electron chi connectivity index (χ2n) is 3.78. The second kappa shape index (κ2) is 3.49. The molecule has 0 aromatic carbocycles. The van der Waals surface area contributed by atoms with Gasteiger partial charge in [-0.2, -0.15) is 5.10 Å². The number of rotatable bonds is 1. The molecule has 3 aromatic heterocycles. The van der Waals surface area contributed by atoms with E-state index >= 15 is 0 Å². The van der Waals surface area contributed by atoms with Crippen molar-refractivity contribution >= 4 is 22.1 Å². The molecular formula is C10H10N6S. The highest BCUT2D eigenvalue weighted by Crippen LogP contribution is 2.24. The zero-order chi connectivity index (χ0) is 12.0. The average Bonchev–Trinajstić information content (AvgIpc) is 2.83. The average molecular weight is 246 g/mol. The van der Waals surface area contributed by atoms with Crippen molar-refractivity contribution in [2.75, 3.05) is 5.73 Å². The van der Waals surface area contributed by atoms with Crippen LogP contribution in [0.1, 0.15) is 11.4 Å². The third-order valence-corrected chi connectivity index (χ3v) is 3.17. The minimum absolute atomic E-state index is 0.443. The lowest BCUT2D eigenvalue weighted by atomic mass is 10.3. The van der Waals surface area contributed by atoms with Crippen LogP contribution in [0.3, 0.4) is 0 Å². The number of nitrogens with two attached hydrogens (primary N) is 1. The van der Waals surface area contributed by atoms with E-state index in [-0.39, 0.29) is 0 Å². The lowest BCUT2D eigenvalue weighted by Crippen LogP contribution is -1.96. The van der Waals surface area contributed by atoms with Gasteiger partial charge in [0.1, 0.15) is 5.69 Å². The van der Waals surface area contributed by atoms with Crippen LogP contribution in [0.15, 0.2) is 12.1 Å². The topological polar surface area (TPSA) is 82.0 Å². The van der Waals surface area contributed by atoms with Gasteiger partial charge in [-0.3, -0.25) is 0 Å². The highest BCUT2D eigenvalue weighted by atomic mass is 32.1. The Morgan fingerprint density at radius 2 is 2.06 bits per heavy atom. The number of hydrogen-bond acceptors (Lipinski definition) is 6. The van der Waals surface area contributed by atoms with Crippen LogP contribution in [-0.4, -0.2) is 24.8 Å². The van der Waals surface area contributed by atoms with Crippen molar-refractivity contribution in [1.82, 2.24) is 24.8 Å². The fourth-order valence-corrected chi connectivity index (χ4v) is 2.30. The lowest BCUT2D eigenvalue weighted by molar-refractivity contribution is 0.887. The van der Waals surface area contributed by atoms with E-state index in [2.05, 4.69) is 20.3 Å². The van der Waals surface area contributed by atoms with Gasteiger partial charge in [-0.25, -0.2) is 9.50 Å². The van der Waals surface area contributed by atoms with Gasteiger partial charge in [0.05, 0.1) is 0 Å². The summed E-state index contributed by atoms with van der Waals surface area (Å²) >= 11 is 1.32. The molecule has 17 heavy (non-hydrogen) atoms. The van der Waals surface area contributed by atoms with Gasteiger partial charge < -0.3 is 5.73 Å². The molecule has 0 unspecified atom stereocenters. The summed E-state index contributed by atoms with van der Waals surface area (Å²) in [6.07, 6.45) is 0. The molecule has 3 heterocycles. The SMILES string of the molecule is Cc1cc(C)n2nc(-c3nnc(N)s3)cc2n1. The maximum absolute atomic E-state index is 5.56. The highest BCUT2D eigenvalue weighted by molar-refractivity contribution is 7.18. The van der Waals surface area contributed by atoms with Gasteiger partial charge in [-0.05, 0) is 19.9 Å². The van der Waals surface area contributed by atoms with E-state index in [1.165, 1.54) is 11.3 Å². The molecule has 3 aromatic rings. The largest absolute Gasteiger partial charge is 0.374 e. The molecule has 7 heteroatoms. The maximum atomic E-state index is 5.56. The van der Waals surface area contributed by atoms with E-state index in [9.17, 15) is 0 Å². The first kappa shape index (κ1) is 10.2. The Labute approximate surface area is 101 Å². The Balaban J connectivity index is 2.23. The second-order valence-corrected chi connectivity index (χ2v) is 4.79. The van der Waals surface area contributed by atoms with Gasteiger partial charge in [0.25, 0.3) is 0 Å². The van der Waals surface area contributed by atoms with Gasteiger partial charge >= 0.3 is 0 Å². The summed E-state index contributed by atoms with van der Waals surface area (Å²) in [5, 5.41) is 13.4. The van der Waals surface area contributed by atoms with Crippen molar-refractivity contribution in [3.05, 3.63) is 23.5 Å². The number of fused-ring (bicyclic) bond motifs is 1. The van der Waals surface area contributed by atoms with E-state index in [0.717, 1.165) is 22.7 Å². The Hall–Kier alpha value is -2.02. The standard InChI is InChI=1S/C10H10N6S/c1-5-3-6(2)16-8(12-5)4-7(15-16)9-13-14-10(11)17-9/h3-4H,1-2H3,(H2,11,14). The molecule has 0 fully saturated rings. The molecule has 0 saturated carbocycles. The van der Waals surface area contributed by atoms with Crippen molar-refractivity contribution in [3.63, 3.8) is 0 Å². The highest BCUT2D eigenvalue weighted by Gasteiger charge is 2.11. The van der Waals surface area contributed by atoms with Crippen molar-refractivity contribution < 1.29 is 0 Å². The van der Waals surface area contributed by atoms with E-state index in [4.69, 9.17) is 5.73 Å². The third-order valence-electron chi connectivity index (χ3n) is 2.39. The normalized spacial score (nSPS) is 11.2. The molecule has 0 aliphatic heterocycles. The summed E-state index contributed by atoms with van der Waals surface area (Å²) in [6, 6.07) is 3.87. The molecule has 0 spiro atoms. The predicted molar refractivity (Wildman–Crippen MR) is 65.8 cm³/mol. The zero-order valence-corrected chi connectivity index (χ0v) is 10.2. The Kier molecular flexibility index (Phi) is 2.08. The first-order valence-corrected chi connectivity index (χ1v) is 5.88. The van der Waals surface area contributed by atoms with Gasteiger partial charge in [0, 0.05) is 17.5 Å². The molecule has 86 valence electrons. The van der Waals surface area contributed by atoms with Gasteiger partial charge in [-0.15, -0.1) is 10.2 Å². The molecule has 0 aliphatic rings. The van der Waals surface area contributed by atoms with Gasteiger partial charge in [0.15, 0.2) is 10.7 Å². The Morgan fingerprint density at radius 1 is 1.24 bits per heavy atom. The van der Waals surface area contributed by atoms with Crippen LogP contribution in [-0.2, 0) is 0 Å². The summed E-state index contributed by atoms with van der Waals surface area (Å²) in [5.74, 6) is 0. The van der Waals surface area contributed by atoms with Crippen molar-refractivity contribution in [3.8, 4) is 10.7 Å². The zero-order valence-electron chi connectivity index (χ0n) is 9.38. The van der Waals surface area contributed by atoms with Crippen LogP contribution >= 0.6 is 11.3 Å². The maximum Gasteiger partial charge on any atom is 0.203 e. The van der Waals surface area contributed by atoms with Crippen LogP contribution < -0.4 is 5.73 Å². The van der Waals surface area contributed by atoms with Crippen molar-refractivity contribution in [2.45, 2.75) is 13.8 Å². The van der Waals surface area contributed by atoms with Gasteiger partial charge in [0.2, 0.25) is 5.13 Å². The summed E-state index contributed by atoms with van der Waals surface area (Å²) in [5.41, 5.74) is 9.13. The lowest BCUT2D eigenvalue weighted by Gasteiger charge is -1.98. The third kappa shape index (κ3) is 1.64. The van der Waals surface area contributed by atoms with Crippen LogP contribution in [0.2, 0.25) is 0 Å². The van der Waals surface area contributed by atoms with Crippen LogP contribution in [0.4, 0.5) is 5.13 Å². The van der Waals surface area contributed by atoms with E-state index in [0.29, 0.717) is 10.1 Å². The quantitative estimate of drug-likeness (QED) is 0.702. The van der Waals surface area contributed by atoms with Crippen molar-refractivity contribution in [1.29, 1.82) is 0 Å². The van der Waals surface area contributed by atoms with E-state index < -0.39 is 0 Å². The Morgan fingerprint density at radius 3 is 2.76 bits per heavy atom. The number of hydrogen-bond donors (Lipinski definition) is 1. The number of nitrogens with zero attached hydrogens (tertiary/aromatic N) is 5. The fourth-order valence-electron chi connectivity index (χ4n) is 1.73. The minimum Gasteiger partial charge on any atom is -0.374 e. The molecule has 0 amide bonds. The minimum atomic E-state index is 0.443. The summed E-state index contributed by atoms with van der Waals surface area (Å²) in [4.78, 5) is 4.42. The van der Waals surface area contributed by atoms with Gasteiger partial charge in [-0.1, -0.05) is 11.3 Å². The molecule has 0 saturated heterocycles.